The molecule has 3 aromatic heterocycles. The fourth-order valence-electron chi connectivity index (χ4n) is 9.23. The molecule has 7 heterocycles. The average molecular weight is 890 g/mol. The van der Waals surface area contributed by atoms with Crippen LogP contribution in [0.3, 0.4) is 0 Å². The van der Waals surface area contributed by atoms with Gasteiger partial charge in [0.05, 0.1) is 11.1 Å². The van der Waals surface area contributed by atoms with E-state index in [0.717, 1.165) is 11.1 Å². The second-order valence-electron chi connectivity index (χ2n) is 16.1. The third-order valence-electron chi connectivity index (χ3n) is 12.4. The van der Waals surface area contributed by atoms with Crippen LogP contribution in [0.15, 0.2) is 63.4 Å². The number of halogens is 2. The van der Waals surface area contributed by atoms with Crippen molar-refractivity contribution in [3.05, 3.63) is 93.2 Å². The highest BCUT2D eigenvalue weighted by Gasteiger charge is 2.62. The lowest BCUT2D eigenvalue weighted by Crippen LogP contribution is -2.55. The van der Waals surface area contributed by atoms with Crippen molar-refractivity contribution in [1.82, 2.24) is 25.2 Å². The lowest BCUT2D eigenvalue weighted by atomic mass is 9.72. The molecular weight excluding hydrogens is 850 g/mol. The van der Waals surface area contributed by atoms with Crippen LogP contribution < -0.4 is 20.7 Å². The second kappa shape index (κ2) is 13.9. The van der Waals surface area contributed by atoms with Crippen molar-refractivity contribution in [1.29, 1.82) is 0 Å². The number of amides is 2. The van der Waals surface area contributed by atoms with Crippen LogP contribution in [0, 0.1) is 5.92 Å². The molecule has 4 aliphatic heterocycles. The molecule has 3 aromatic carbocycles. The van der Waals surface area contributed by atoms with E-state index in [0.29, 0.717) is 44.8 Å². The molecule has 19 heteroatoms. The first-order valence-corrected chi connectivity index (χ1v) is 22.1. The molecule has 0 saturated heterocycles. The molecule has 6 aromatic rings. The molecule has 10 rings (SSSR count). The van der Waals surface area contributed by atoms with E-state index in [1.54, 1.807) is 26.0 Å². The van der Waals surface area contributed by atoms with Crippen LogP contribution in [0.1, 0.15) is 74.9 Å². The number of hydrogen-bond acceptors (Lipinski definition) is 11. The van der Waals surface area contributed by atoms with Crippen LogP contribution >= 0.6 is 31.0 Å². The van der Waals surface area contributed by atoms with Gasteiger partial charge in [-0.25, -0.2) is 9.55 Å². The summed E-state index contributed by atoms with van der Waals surface area (Å²) in [6.07, 6.45) is -0.441. The number of phosphoric ester groups is 1. The van der Waals surface area contributed by atoms with E-state index in [2.05, 4.69) is 16.0 Å². The van der Waals surface area contributed by atoms with Crippen LogP contribution in [0.2, 0.25) is 10.3 Å². The van der Waals surface area contributed by atoms with E-state index < -0.39 is 55.7 Å². The predicted octanol–water partition coefficient (Wildman–Crippen LogP) is 7.19. The SMILES string of the molecule is CCC(O)(CC)C(=O)N[C@H]1Cc2ccc3c(c2)C24c5cccc(c5NC2O3)-c2cccc3c2c(c(Cl)n3COP(=O)(O)O)-c2oc(nc2Cl)-c2nc(oc24)C(C(C)C)NC1=O. The minimum atomic E-state index is -4.93. The number of nitrogens with one attached hydrogen (secondary N) is 3. The van der Waals surface area contributed by atoms with Gasteiger partial charge in [-0.2, -0.15) is 4.98 Å². The number of rotatable bonds is 8. The standard InChI is InChI=1S/C42H39Cl2N6O10P/c1-5-41(53,6-2)39(52)45-24-16-19-13-14-26-23(15-19)42-22-11-7-10-21(30(22)48-40(42)58-26)20-9-8-12-25-27(20)28(35(44)50(25)17-57-61(54,55)56)32-34(43)49-38(59-32)31-33(42)60-37(47-31)29(18(3)4)46-36(24)51/h7-15,18,24,29,40,48,53H,5-6,16-17H2,1-4H3,(H,45,52)(H,46,51)(H2,54,55,56)/t24-,29?,40?,42?/m0/s1. The first-order chi connectivity index (χ1) is 29.1. The quantitative estimate of drug-likeness (QED) is 0.0834. The number of para-hydroxylation sites is 1. The van der Waals surface area contributed by atoms with E-state index in [4.69, 9.17) is 51.3 Å². The van der Waals surface area contributed by atoms with E-state index in [-0.39, 0.29) is 64.3 Å². The smallest absolute Gasteiger partial charge is 0.469 e. The van der Waals surface area contributed by atoms with Gasteiger partial charge in [-0.1, -0.05) is 93.4 Å². The molecule has 1 spiro atoms. The first kappa shape index (κ1) is 39.9. The Bertz CT molecular complexity index is 2900. The van der Waals surface area contributed by atoms with Crippen molar-refractivity contribution in [2.24, 2.45) is 5.92 Å². The highest BCUT2D eigenvalue weighted by atomic mass is 35.5. The Balaban J connectivity index is 1.28. The zero-order valence-electron chi connectivity index (χ0n) is 33.1. The van der Waals surface area contributed by atoms with Gasteiger partial charge < -0.3 is 49.0 Å². The number of ether oxygens (including phenoxy) is 1. The van der Waals surface area contributed by atoms with Gasteiger partial charge >= 0.3 is 7.82 Å². The Morgan fingerprint density at radius 2 is 1.82 bits per heavy atom. The number of nitrogens with zero attached hydrogens (tertiary/aromatic N) is 3. The molecule has 4 aliphatic rings. The van der Waals surface area contributed by atoms with Crippen molar-refractivity contribution >= 4 is 59.4 Å². The Morgan fingerprint density at radius 1 is 1.07 bits per heavy atom. The summed E-state index contributed by atoms with van der Waals surface area (Å²) in [6.45, 7) is 6.62. The highest BCUT2D eigenvalue weighted by Crippen LogP contribution is 2.62. The van der Waals surface area contributed by atoms with E-state index in [1.165, 1.54) is 4.57 Å². The topological polar surface area (TPSA) is 223 Å². The molecule has 0 saturated carbocycles. The number of fused-ring (bicyclic) bond motifs is 7. The third kappa shape index (κ3) is 5.84. The van der Waals surface area contributed by atoms with Crippen LogP contribution in [0.5, 0.6) is 5.75 Å². The van der Waals surface area contributed by atoms with Gasteiger partial charge in [0.1, 0.15) is 40.7 Å². The molecule has 0 fully saturated rings. The Kier molecular flexibility index (Phi) is 9.10. The lowest BCUT2D eigenvalue weighted by Gasteiger charge is -2.30. The van der Waals surface area contributed by atoms with Gasteiger partial charge in [-0.05, 0) is 42.0 Å². The van der Waals surface area contributed by atoms with Gasteiger partial charge in [0.15, 0.2) is 28.6 Å². The average Bonchev–Trinajstić information content (AvgIpc) is 4.02. The number of hydrogen-bond donors (Lipinski definition) is 6. The number of aliphatic hydroxyl groups is 1. The molecular formula is C42H39Cl2N6O10P. The molecule has 4 atom stereocenters. The molecule has 0 aliphatic carbocycles. The van der Waals surface area contributed by atoms with Crippen LogP contribution in [-0.2, 0) is 37.2 Å². The van der Waals surface area contributed by atoms with Crippen LogP contribution in [-0.4, -0.2) is 59.1 Å². The van der Waals surface area contributed by atoms with Crippen LogP contribution in [0.4, 0.5) is 5.69 Å². The summed E-state index contributed by atoms with van der Waals surface area (Å²) in [7, 11) is -4.93. The van der Waals surface area contributed by atoms with Crippen molar-refractivity contribution < 1.29 is 47.1 Å². The fourth-order valence-corrected chi connectivity index (χ4v) is 10.0. The maximum atomic E-state index is 14.4. The third-order valence-corrected chi connectivity index (χ3v) is 13.5. The molecule has 316 valence electrons. The summed E-state index contributed by atoms with van der Waals surface area (Å²) in [5.41, 5.74) is 2.20. The Labute approximate surface area is 357 Å². The summed E-state index contributed by atoms with van der Waals surface area (Å²) in [6, 6.07) is 14.9. The summed E-state index contributed by atoms with van der Waals surface area (Å²) < 4.78 is 38.7. The van der Waals surface area contributed by atoms with Crippen molar-refractivity contribution in [3.8, 4) is 39.8 Å². The zero-order valence-corrected chi connectivity index (χ0v) is 35.5. The van der Waals surface area contributed by atoms with Gasteiger partial charge in [0.2, 0.25) is 11.8 Å². The molecule has 2 amide bonds. The van der Waals surface area contributed by atoms with Gasteiger partial charge in [0.25, 0.3) is 11.8 Å². The maximum absolute atomic E-state index is 14.4. The van der Waals surface area contributed by atoms with Crippen molar-refractivity contribution in [2.75, 3.05) is 5.32 Å². The van der Waals surface area contributed by atoms with Gasteiger partial charge in [-0.15, -0.1) is 0 Å². The fraction of sp³-hybridized carbons (Fsp3) is 0.333. The van der Waals surface area contributed by atoms with E-state index in [1.807, 2.05) is 56.3 Å². The van der Waals surface area contributed by atoms with Crippen LogP contribution in [0.25, 0.3) is 44.9 Å². The number of benzene rings is 3. The van der Waals surface area contributed by atoms with E-state index in [9.17, 15) is 29.0 Å². The maximum Gasteiger partial charge on any atom is 0.471 e. The van der Waals surface area contributed by atoms with Crippen molar-refractivity contribution in [2.45, 2.75) is 83.0 Å². The molecule has 6 N–H and O–H groups in total. The summed E-state index contributed by atoms with van der Waals surface area (Å²) in [5, 5.41) is 21.2. The van der Waals surface area contributed by atoms with E-state index >= 15 is 0 Å². The second-order valence-corrected chi connectivity index (χ2v) is 18.1. The molecule has 61 heavy (non-hydrogen) atoms. The Hall–Kier alpha value is -5.19. The van der Waals surface area contributed by atoms with Gasteiger partial charge in [0, 0.05) is 34.2 Å². The predicted molar refractivity (Wildman–Crippen MR) is 223 cm³/mol. The number of phosphoric acid groups is 1. The minimum absolute atomic E-state index is 0.0104. The number of carbonyl (C=O) groups is 2. The normalized spacial score (nSPS) is 21.0. The highest BCUT2D eigenvalue weighted by molar-refractivity contribution is 7.46. The number of carbonyl (C=O) groups excluding carboxylic acids is 2. The Morgan fingerprint density at radius 3 is 2.56 bits per heavy atom. The molecule has 16 nitrogen and oxygen atoms in total. The van der Waals surface area contributed by atoms with Gasteiger partial charge in [-0.3, -0.25) is 14.1 Å². The molecule has 10 bridgehead atoms. The number of anilines is 1. The summed E-state index contributed by atoms with van der Waals surface area (Å²) in [5.74, 6) is -0.496. The monoisotopic (exact) mass is 888 g/mol. The summed E-state index contributed by atoms with van der Waals surface area (Å²) >= 11 is 14.1. The molecule has 3 unspecified atom stereocenters. The minimum Gasteiger partial charge on any atom is -0.469 e. The first-order valence-electron chi connectivity index (χ1n) is 19.8. The van der Waals surface area contributed by atoms with Crippen molar-refractivity contribution in [3.63, 3.8) is 0 Å². The zero-order chi connectivity index (χ0) is 42.9. The lowest BCUT2D eigenvalue weighted by molar-refractivity contribution is -0.143. The summed E-state index contributed by atoms with van der Waals surface area (Å²) in [4.78, 5) is 57.1. The number of aromatic nitrogens is 3. The number of oxazole rings is 2. The molecule has 0 radical (unpaired) electrons. The largest absolute Gasteiger partial charge is 0.471 e.